The summed E-state index contributed by atoms with van der Waals surface area (Å²) in [6.45, 7) is 1.82. The third kappa shape index (κ3) is 2900. The predicted molar refractivity (Wildman–Crippen MR) is 19.7 cm³/mol. The van der Waals surface area contributed by atoms with Crippen molar-refractivity contribution >= 4 is 12.8 Å². The first-order valence-corrected chi connectivity index (χ1v) is 1.13. The van der Waals surface area contributed by atoms with Crippen LogP contribution in [-0.4, -0.2) is 17.9 Å². The van der Waals surface area contributed by atoms with E-state index in [9.17, 15) is 0 Å². The maximum Gasteiger partial charge on any atom is 2.00 e. The maximum atomic E-state index is 8.68. The summed E-state index contributed by atoms with van der Waals surface area (Å²) < 4.78 is 0. The Balaban J connectivity index is -0.0000000400. The van der Waals surface area contributed by atoms with Crippen molar-refractivity contribution < 1.29 is 35.8 Å². The fourth-order valence-corrected chi connectivity index (χ4v) is 0. The molecule has 3 nitrogen and oxygen atoms in total. The minimum absolute atomic E-state index is 0. The van der Waals surface area contributed by atoms with Gasteiger partial charge in [-0.15, -0.1) is 0 Å². The number of hydrogen-bond acceptors (Lipinski definition) is 2. The van der Waals surface area contributed by atoms with E-state index in [0.717, 1.165) is 0 Å². The summed E-state index contributed by atoms with van der Waals surface area (Å²) in [5.74, 6) is 0. The second-order valence-electron chi connectivity index (χ2n) is 0.295. The Morgan fingerprint density at radius 2 is 1.43 bits per heavy atom. The summed E-state index contributed by atoms with van der Waals surface area (Å²) in [6, 6.07) is 0. The number of rotatable bonds is 0. The Morgan fingerprint density at radius 1 is 1.43 bits per heavy atom. The molecule has 0 saturated heterocycles. The molecule has 0 saturated carbocycles. The Kier molecular flexibility index (Phi) is 91.9. The van der Waals surface area contributed by atoms with E-state index in [0.29, 0.717) is 6.47 Å². The average molecular weight is 272 g/mol. The summed E-state index contributed by atoms with van der Waals surface area (Å²) in [7, 11) is 0. The zero-order valence-electron chi connectivity index (χ0n) is 3.67. The van der Waals surface area contributed by atoms with Crippen LogP contribution in [0, 0.1) is 0 Å². The molecule has 0 aliphatic carbocycles. The zero-order valence-corrected chi connectivity index (χ0v) is 6.61. The molecular weight excluding hydrogens is 268 g/mol. The van der Waals surface area contributed by atoms with Crippen molar-refractivity contribution in [1.29, 1.82) is 0 Å². The van der Waals surface area contributed by atoms with Gasteiger partial charge in [-0.2, -0.15) is 6.92 Å². The van der Waals surface area contributed by atoms with Crippen molar-refractivity contribution in [2.75, 3.05) is 0 Å². The fourth-order valence-electron chi connectivity index (χ4n) is 0. The molecule has 0 aromatic heterocycles. The number of aliphatic hydroxyl groups excluding tert-OH is 1. The van der Waals surface area contributed by atoms with Crippen molar-refractivity contribution in [3.63, 3.8) is 0 Å². The second kappa shape index (κ2) is 40.6. The first-order chi connectivity index (χ1) is 2.83. The van der Waals surface area contributed by atoms with E-state index in [4.69, 9.17) is 14.7 Å². The van der Waals surface area contributed by atoms with Crippen molar-refractivity contribution in [1.82, 2.24) is 0 Å². The molecular formula is C3H4O3W. The molecule has 0 unspecified atom stereocenters. The van der Waals surface area contributed by atoms with E-state index >= 15 is 0 Å². The molecule has 0 radical (unpaired) electrons. The standard InChI is InChI=1S/C2H3O.CHO2.W/c1-2-3;2-1-3;/h1H3;(H,2,3);/q2*-1;+2. The normalized spacial score (nSPS) is 3.57. The molecule has 0 aromatic rings. The molecule has 40 valence electrons. The third-order valence-corrected chi connectivity index (χ3v) is 0. The van der Waals surface area contributed by atoms with Crippen LogP contribution in [0.3, 0.4) is 0 Å². The van der Waals surface area contributed by atoms with Crippen LogP contribution in [0.1, 0.15) is 6.92 Å². The van der Waals surface area contributed by atoms with Crippen molar-refractivity contribution in [2.45, 2.75) is 6.92 Å². The molecule has 0 fully saturated rings. The topological polar surface area (TPSA) is 54.4 Å². The van der Waals surface area contributed by atoms with Crippen LogP contribution in [0.5, 0.6) is 0 Å². The van der Waals surface area contributed by atoms with Gasteiger partial charge in [0.15, 0.2) is 0 Å². The summed E-state index contributed by atoms with van der Waals surface area (Å²) >= 11 is 0. The van der Waals surface area contributed by atoms with E-state index in [1.807, 2.05) is 0 Å². The summed E-state index contributed by atoms with van der Waals surface area (Å²) in [5.41, 5.74) is 0. The van der Waals surface area contributed by atoms with Gasteiger partial charge in [0.1, 0.15) is 0 Å². The van der Waals surface area contributed by atoms with Crippen LogP contribution in [0.2, 0.25) is 0 Å². The van der Waals surface area contributed by atoms with Gasteiger partial charge in [0.2, 0.25) is 0 Å². The molecule has 0 aromatic carbocycles. The first kappa shape index (κ1) is 15.8. The minimum atomic E-state index is 0. The van der Waals surface area contributed by atoms with E-state index in [1.165, 1.54) is 13.2 Å². The van der Waals surface area contributed by atoms with Gasteiger partial charge in [0, 0.05) is 0 Å². The number of hydrogen-bond donors (Lipinski definition) is 1. The van der Waals surface area contributed by atoms with E-state index in [1.54, 1.807) is 0 Å². The molecule has 0 rings (SSSR count). The van der Waals surface area contributed by atoms with Crippen LogP contribution in [0.15, 0.2) is 0 Å². The van der Waals surface area contributed by atoms with E-state index < -0.39 is 0 Å². The molecule has 7 heavy (non-hydrogen) atoms. The molecule has 0 heterocycles. The van der Waals surface area contributed by atoms with Gasteiger partial charge >= 0.3 is 21.1 Å². The molecule has 0 atom stereocenters. The van der Waals surface area contributed by atoms with Gasteiger partial charge in [-0.05, 0) is 0 Å². The Morgan fingerprint density at radius 3 is 1.43 bits per heavy atom. The first-order valence-electron chi connectivity index (χ1n) is 1.13. The maximum absolute atomic E-state index is 8.68. The third-order valence-electron chi connectivity index (χ3n) is 0. The van der Waals surface area contributed by atoms with Crippen LogP contribution >= 0.6 is 0 Å². The largest absolute Gasteiger partial charge is 2.00 e. The molecule has 0 bridgehead atoms. The minimum Gasteiger partial charge on any atom is -0.665 e. The summed E-state index contributed by atoms with van der Waals surface area (Å²) in [5, 5.41) is 6.76. The van der Waals surface area contributed by atoms with Gasteiger partial charge in [0.05, 0.1) is 0 Å². The molecule has 0 amide bonds. The van der Waals surface area contributed by atoms with Gasteiger partial charge in [-0.25, -0.2) is 0 Å². The van der Waals surface area contributed by atoms with Crippen LogP contribution in [0.25, 0.3) is 0 Å². The van der Waals surface area contributed by atoms with Crippen molar-refractivity contribution in [3.05, 3.63) is 0 Å². The second-order valence-corrected chi connectivity index (χ2v) is 0.295. The Bertz CT molecular complexity index is 31.2. The molecule has 1 N–H and O–H groups in total. The molecule has 0 spiro atoms. The summed E-state index contributed by atoms with van der Waals surface area (Å²) in [4.78, 5) is 16.9. The van der Waals surface area contributed by atoms with E-state index in [2.05, 4.69) is 0 Å². The number of carbonyl (C=O) groups excluding carboxylic acids is 1. The smallest absolute Gasteiger partial charge is 0.665 e. The molecule has 4 heteroatoms. The van der Waals surface area contributed by atoms with Crippen LogP contribution < -0.4 is 0 Å². The molecule has 0 aliphatic heterocycles. The van der Waals surface area contributed by atoms with Gasteiger partial charge in [-0.1, -0.05) is 6.47 Å². The Hall–Kier alpha value is -0.172. The van der Waals surface area contributed by atoms with Crippen LogP contribution in [0.4, 0.5) is 0 Å². The van der Waals surface area contributed by atoms with Crippen molar-refractivity contribution in [2.24, 2.45) is 0 Å². The average Bonchev–Trinajstić information content (AvgIpc) is 1.39. The van der Waals surface area contributed by atoms with Crippen molar-refractivity contribution in [3.8, 4) is 0 Å². The monoisotopic (exact) mass is 272 g/mol. The molecule has 0 aliphatic rings. The van der Waals surface area contributed by atoms with Crippen LogP contribution in [-0.2, 0) is 30.7 Å². The van der Waals surface area contributed by atoms with E-state index in [-0.39, 0.29) is 21.1 Å². The zero-order chi connectivity index (χ0) is 5.41. The Labute approximate surface area is 56.0 Å². The van der Waals surface area contributed by atoms with Gasteiger partial charge in [-0.3, -0.25) is 6.29 Å². The predicted octanol–water partition coefficient (Wildman–Crippen LogP) is -0.275. The quantitative estimate of drug-likeness (QED) is 0.617. The fraction of sp³-hybridized carbons (Fsp3) is 0.333. The SMILES string of the molecule is C[C-]=O.O=[C-]O.[W+2]. The van der Waals surface area contributed by atoms with Gasteiger partial charge < -0.3 is 14.7 Å². The summed E-state index contributed by atoms with van der Waals surface area (Å²) in [6.07, 6.45) is 1.50. The van der Waals surface area contributed by atoms with Gasteiger partial charge in [0.25, 0.3) is 0 Å².